The van der Waals surface area contributed by atoms with Gasteiger partial charge in [0.15, 0.2) is 0 Å². The summed E-state index contributed by atoms with van der Waals surface area (Å²) in [5, 5.41) is 5.18. The number of carbonyl (C=O) groups is 2. The molecule has 3 amide bonds. The third kappa shape index (κ3) is 5.10. The zero-order valence-electron chi connectivity index (χ0n) is 18.0. The van der Waals surface area contributed by atoms with E-state index in [0.717, 1.165) is 47.6 Å². The quantitative estimate of drug-likeness (QED) is 0.756. The molecule has 1 saturated heterocycles. The number of amides is 3. The fraction of sp³-hybridized carbons (Fsp3) is 0.391. The first-order valence-corrected chi connectivity index (χ1v) is 10.1. The van der Waals surface area contributed by atoms with E-state index >= 15 is 0 Å². The van der Waals surface area contributed by atoms with E-state index in [1.807, 2.05) is 50.2 Å². The van der Waals surface area contributed by atoms with Gasteiger partial charge in [-0.15, -0.1) is 0 Å². The molecule has 0 bridgehead atoms. The Kier molecular flexibility index (Phi) is 6.95. The number of nitrogens with one attached hydrogen (secondary N) is 2. The van der Waals surface area contributed by atoms with Crippen LogP contribution in [0.2, 0.25) is 0 Å². The monoisotopic (exact) mass is 411 g/mol. The van der Waals surface area contributed by atoms with E-state index in [9.17, 15) is 9.59 Å². The normalized spacial score (nSPS) is 16.2. The molecule has 0 saturated carbocycles. The van der Waals surface area contributed by atoms with Gasteiger partial charge < -0.3 is 14.8 Å². The second kappa shape index (κ2) is 9.63. The maximum absolute atomic E-state index is 12.5. The van der Waals surface area contributed by atoms with E-state index in [2.05, 4.69) is 15.5 Å². The minimum Gasteiger partial charge on any atom is -0.497 e. The molecule has 0 radical (unpaired) electrons. The predicted octanol–water partition coefficient (Wildman–Crippen LogP) is 3.81. The van der Waals surface area contributed by atoms with Gasteiger partial charge in [-0.05, 0) is 63.1 Å². The summed E-state index contributed by atoms with van der Waals surface area (Å²) in [6.07, 6.45) is 1.87. The number of aryl methyl sites for hydroxylation is 2. The van der Waals surface area contributed by atoms with Gasteiger partial charge in [0, 0.05) is 17.3 Å². The van der Waals surface area contributed by atoms with E-state index in [0.29, 0.717) is 5.69 Å². The number of carbonyl (C=O) groups excluding carboxylic acids is 2. The molecule has 2 aromatic rings. The zero-order chi connectivity index (χ0) is 21.7. The number of urea groups is 1. The van der Waals surface area contributed by atoms with Gasteiger partial charge in [0.25, 0.3) is 0 Å². The summed E-state index contributed by atoms with van der Waals surface area (Å²) in [5.41, 5.74) is 3.73. The average Bonchev–Trinajstić information content (AvgIpc) is 3.17. The first-order chi connectivity index (χ1) is 14.4. The van der Waals surface area contributed by atoms with Crippen LogP contribution >= 0.6 is 0 Å². The molecule has 1 aliphatic rings. The molecule has 1 fully saturated rings. The van der Waals surface area contributed by atoms with Crippen molar-refractivity contribution in [2.75, 3.05) is 32.6 Å². The molecule has 30 heavy (non-hydrogen) atoms. The lowest BCUT2D eigenvalue weighted by Crippen LogP contribution is -2.41. The molecule has 160 valence electrons. The maximum atomic E-state index is 12.5. The molecule has 7 nitrogen and oxygen atoms in total. The van der Waals surface area contributed by atoms with E-state index in [1.54, 1.807) is 14.2 Å². The number of rotatable bonds is 6. The van der Waals surface area contributed by atoms with Crippen LogP contribution in [-0.2, 0) is 4.79 Å². The predicted molar refractivity (Wildman–Crippen MR) is 116 cm³/mol. The molecule has 3 rings (SSSR count). The van der Waals surface area contributed by atoms with Crippen LogP contribution < -0.4 is 20.1 Å². The SMILES string of the molecule is COc1ccc(OC)c(C2CCCN2CC(=O)NC(=O)Nc2ccc(C)cc2C)c1. The lowest BCUT2D eigenvalue weighted by atomic mass is 10.0. The van der Waals surface area contributed by atoms with Crippen LogP contribution in [0.25, 0.3) is 0 Å². The highest BCUT2D eigenvalue weighted by Gasteiger charge is 2.30. The molecule has 0 spiro atoms. The van der Waals surface area contributed by atoms with E-state index in [1.165, 1.54) is 0 Å². The van der Waals surface area contributed by atoms with Crippen molar-refractivity contribution in [3.63, 3.8) is 0 Å². The van der Waals surface area contributed by atoms with Gasteiger partial charge in [-0.25, -0.2) is 4.79 Å². The molecule has 1 aliphatic heterocycles. The lowest BCUT2D eigenvalue weighted by molar-refractivity contribution is -0.121. The third-order valence-electron chi connectivity index (χ3n) is 5.39. The van der Waals surface area contributed by atoms with Gasteiger partial charge in [0.05, 0.1) is 20.8 Å². The Morgan fingerprint density at radius 2 is 1.90 bits per heavy atom. The van der Waals surface area contributed by atoms with Gasteiger partial charge in [-0.3, -0.25) is 15.0 Å². The first kappa shape index (κ1) is 21.6. The molecule has 1 atom stereocenters. The van der Waals surface area contributed by atoms with Crippen molar-refractivity contribution in [2.45, 2.75) is 32.7 Å². The highest BCUT2D eigenvalue weighted by atomic mass is 16.5. The van der Waals surface area contributed by atoms with Gasteiger partial charge in [0.2, 0.25) is 5.91 Å². The Hall–Kier alpha value is -3.06. The molecule has 0 aliphatic carbocycles. The van der Waals surface area contributed by atoms with E-state index in [-0.39, 0.29) is 18.5 Å². The van der Waals surface area contributed by atoms with Gasteiger partial charge in [0.1, 0.15) is 11.5 Å². The minimum atomic E-state index is -0.526. The van der Waals surface area contributed by atoms with Gasteiger partial charge >= 0.3 is 6.03 Å². The van der Waals surface area contributed by atoms with Crippen molar-refractivity contribution in [1.82, 2.24) is 10.2 Å². The number of ether oxygens (including phenoxy) is 2. The molecular weight excluding hydrogens is 382 g/mol. The van der Waals surface area contributed by atoms with Crippen molar-refractivity contribution in [2.24, 2.45) is 0 Å². The molecule has 2 N–H and O–H groups in total. The Labute approximate surface area is 177 Å². The van der Waals surface area contributed by atoms with Crippen molar-refractivity contribution < 1.29 is 19.1 Å². The zero-order valence-corrected chi connectivity index (χ0v) is 18.0. The Bertz CT molecular complexity index is 929. The van der Waals surface area contributed by atoms with Gasteiger partial charge in [-0.1, -0.05) is 17.7 Å². The maximum Gasteiger partial charge on any atom is 0.325 e. The summed E-state index contributed by atoms with van der Waals surface area (Å²) in [4.78, 5) is 26.9. The molecule has 2 aromatic carbocycles. The number of anilines is 1. The van der Waals surface area contributed by atoms with Crippen LogP contribution in [0.1, 0.15) is 35.6 Å². The second-order valence-corrected chi connectivity index (χ2v) is 7.56. The standard InChI is InChI=1S/C23H29N3O4/c1-15-7-9-19(16(2)12-15)24-23(28)25-22(27)14-26-11-5-6-20(26)18-13-17(29-3)8-10-21(18)30-4/h7-10,12-13,20H,5-6,11,14H2,1-4H3,(H2,24,25,27,28). The highest BCUT2D eigenvalue weighted by molar-refractivity contribution is 6.02. The largest absolute Gasteiger partial charge is 0.497 e. The fourth-order valence-corrected chi connectivity index (χ4v) is 3.93. The smallest absolute Gasteiger partial charge is 0.325 e. The Morgan fingerprint density at radius 3 is 2.60 bits per heavy atom. The van der Waals surface area contributed by atoms with Crippen molar-refractivity contribution in [3.8, 4) is 11.5 Å². The van der Waals surface area contributed by atoms with Crippen LogP contribution in [-0.4, -0.2) is 44.1 Å². The topological polar surface area (TPSA) is 79.9 Å². The van der Waals surface area contributed by atoms with E-state index < -0.39 is 6.03 Å². The Balaban J connectivity index is 1.64. The number of likely N-dealkylation sites (tertiary alicyclic amines) is 1. The summed E-state index contributed by atoms with van der Waals surface area (Å²) >= 11 is 0. The second-order valence-electron chi connectivity index (χ2n) is 7.56. The minimum absolute atomic E-state index is 0.0307. The van der Waals surface area contributed by atoms with Crippen LogP contribution in [0.4, 0.5) is 10.5 Å². The van der Waals surface area contributed by atoms with Crippen LogP contribution in [0.15, 0.2) is 36.4 Å². The molecule has 1 unspecified atom stereocenters. The molecule has 0 aromatic heterocycles. The molecule has 1 heterocycles. The Morgan fingerprint density at radius 1 is 1.10 bits per heavy atom. The summed E-state index contributed by atoms with van der Waals surface area (Å²) in [7, 11) is 3.26. The summed E-state index contributed by atoms with van der Waals surface area (Å²) in [5.74, 6) is 1.17. The number of methoxy groups -OCH3 is 2. The highest BCUT2D eigenvalue weighted by Crippen LogP contribution is 2.38. The van der Waals surface area contributed by atoms with Gasteiger partial charge in [-0.2, -0.15) is 0 Å². The third-order valence-corrected chi connectivity index (χ3v) is 5.39. The van der Waals surface area contributed by atoms with E-state index in [4.69, 9.17) is 9.47 Å². The lowest BCUT2D eigenvalue weighted by Gasteiger charge is -2.25. The van der Waals surface area contributed by atoms with Crippen molar-refractivity contribution in [3.05, 3.63) is 53.1 Å². The van der Waals surface area contributed by atoms with Crippen LogP contribution in [0.5, 0.6) is 11.5 Å². The molecule has 7 heteroatoms. The van der Waals surface area contributed by atoms with Crippen LogP contribution in [0.3, 0.4) is 0 Å². The summed E-state index contributed by atoms with van der Waals surface area (Å²) in [6.45, 7) is 4.81. The van der Waals surface area contributed by atoms with Crippen LogP contribution in [0, 0.1) is 13.8 Å². The number of nitrogens with zero attached hydrogens (tertiary/aromatic N) is 1. The average molecular weight is 412 g/mol. The van der Waals surface area contributed by atoms with Crippen molar-refractivity contribution >= 4 is 17.6 Å². The summed E-state index contributed by atoms with van der Waals surface area (Å²) < 4.78 is 10.9. The molecular formula is C23H29N3O4. The van der Waals surface area contributed by atoms with Crippen molar-refractivity contribution in [1.29, 1.82) is 0 Å². The number of imide groups is 1. The summed E-state index contributed by atoms with van der Waals surface area (Å²) in [6, 6.07) is 10.9. The first-order valence-electron chi connectivity index (χ1n) is 10.1. The fourth-order valence-electron chi connectivity index (χ4n) is 3.93. The number of benzene rings is 2. The number of hydrogen-bond donors (Lipinski definition) is 2. The number of hydrogen-bond acceptors (Lipinski definition) is 5.